The highest BCUT2D eigenvalue weighted by molar-refractivity contribution is 7.59. The van der Waals surface area contributed by atoms with Crippen molar-refractivity contribution in [2.75, 3.05) is 0 Å². The Labute approximate surface area is 40.0 Å². The molecule has 1 aliphatic rings. The van der Waals surface area contributed by atoms with Gasteiger partial charge >= 0.3 is 0 Å². The minimum atomic E-state index is 0. The fraction of sp³-hybridized carbons (Fsp3) is 1.00. The molecule has 0 nitrogen and oxygen atoms in total. The summed E-state index contributed by atoms with van der Waals surface area (Å²) in [6.45, 7) is 0. The van der Waals surface area contributed by atoms with Gasteiger partial charge in [-0.25, -0.2) is 0 Å². The van der Waals surface area contributed by atoms with Gasteiger partial charge in [-0.2, -0.15) is 13.5 Å². The molecular weight excluding hydrogens is 80.1 g/mol. The van der Waals surface area contributed by atoms with Gasteiger partial charge in [-0.1, -0.05) is 25.7 Å². The Kier molecular flexibility index (Phi) is 2.76. The van der Waals surface area contributed by atoms with Crippen LogP contribution in [0.25, 0.3) is 0 Å². The first-order valence-corrected chi connectivity index (χ1v) is 2.00. The molecule has 1 saturated carbocycles. The highest BCUT2D eigenvalue weighted by atomic mass is 32.1. The van der Waals surface area contributed by atoms with Crippen molar-refractivity contribution in [3.05, 3.63) is 0 Å². The Hall–Kier alpha value is 0.350. The van der Waals surface area contributed by atoms with Crippen molar-refractivity contribution in [2.45, 2.75) is 25.7 Å². The maximum atomic E-state index is 1.50. The summed E-state index contributed by atoms with van der Waals surface area (Å²) >= 11 is 0. The van der Waals surface area contributed by atoms with E-state index in [4.69, 9.17) is 0 Å². The van der Waals surface area contributed by atoms with E-state index in [0.717, 1.165) is 0 Å². The fourth-order valence-electron chi connectivity index (χ4n) is 0.250. The van der Waals surface area contributed by atoms with Crippen molar-refractivity contribution in [1.82, 2.24) is 0 Å². The van der Waals surface area contributed by atoms with Crippen LogP contribution in [-0.4, -0.2) is 0 Å². The lowest BCUT2D eigenvalue weighted by atomic mass is 10.0. The Morgan fingerprint density at radius 3 is 0.800 bits per heavy atom. The number of hydrogen-bond acceptors (Lipinski definition) is 0. The van der Waals surface area contributed by atoms with Crippen LogP contribution in [0.1, 0.15) is 25.7 Å². The molecule has 0 spiro atoms. The van der Waals surface area contributed by atoms with Gasteiger partial charge in [0.2, 0.25) is 0 Å². The van der Waals surface area contributed by atoms with E-state index < -0.39 is 0 Å². The molecule has 0 aromatic heterocycles. The largest absolute Gasteiger partial charge is 0.197 e. The second-order valence-corrected chi connectivity index (χ2v) is 1.41. The Bertz CT molecular complexity index is 11.6. The molecule has 0 aromatic rings. The number of hydrogen-bond donors (Lipinski definition) is 0. The van der Waals surface area contributed by atoms with Crippen molar-refractivity contribution in [2.24, 2.45) is 0 Å². The van der Waals surface area contributed by atoms with E-state index in [1.54, 1.807) is 0 Å². The molecule has 0 atom stereocenters. The highest BCUT2D eigenvalue weighted by Gasteiger charge is 1.95. The first-order valence-electron chi connectivity index (χ1n) is 2.00. The fourth-order valence-corrected chi connectivity index (χ4v) is 0.250. The van der Waals surface area contributed by atoms with Crippen LogP contribution < -0.4 is 0 Å². The SMILES string of the molecule is C1CCC1.S. The van der Waals surface area contributed by atoms with Crippen LogP contribution in [0.4, 0.5) is 0 Å². The lowest BCUT2D eigenvalue weighted by Crippen LogP contribution is -1.85. The molecule has 0 radical (unpaired) electrons. The molecular formula is C4H10S. The zero-order valence-electron chi connectivity index (χ0n) is 3.33. The average molecular weight is 90.2 g/mol. The van der Waals surface area contributed by atoms with E-state index >= 15 is 0 Å². The predicted molar refractivity (Wildman–Crippen MR) is 28.8 cm³/mol. The lowest BCUT2D eigenvalue weighted by Gasteiger charge is -2.05. The molecule has 32 valence electrons. The van der Waals surface area contributed by atoms with Crippen LogP contribution in [0.5, 0.6) is 0 Å². The molecule has 5 heavy (non-hydrogen) atoms. The minimum Gasteiger partial charge on any atom is -0.197 e. The van der Waals surface area contributed by atoms with Crippen molar-refractivity contribution < 1.29 is 0 Å². The molecule has 0 aliphatic heterocycles. The van der Waals surface area contributed by atoms with Crippen molar-refractivity contribution >= 4 is 13.5 Å². The molecule has 1 fully saturated rings. The lowest BCUT2D eigenvalue weighted by molar-refractivity contribution is 0.504. The summed E-state index contributed by atoms with van der Waals surface area (Å²) in [5.41, 5.74) is 0. The summed E-state index contributed by atoms with van der Waals surface area (Å²) in [6, 6.07) is 0. The van der Waals surface area contributed by atoms with Crippen LogP contribution in [0.15, 0.2) is 0 Å². The van der Waals surface area contributed by atoms with Gasteiger partial charge in [-0.05, 0) is 0 Å². The van der Waals surface area contributed by atoms with Gasteiger partial charge in [0, 0.05) is 0 Å². The maximum Gasteiger partial charge on any atom is -0.0533 e. The third-order valence-corrected chi connectivity index (χ3v) is 1.000. The predicted octanol–water partition coefficient (Wildman–Crippen LogP) is 1.67. The van der Waals surface area contributed by atoms with E-state index in [1.807, 2.05) is 0 Å². The molecule has 0 unspecified atom stereocenters. The molecule has 1 rings (SSSR count). The average Bonchev–Trinajstić information content (AvgIpc) is 0.722. The molecule has 0 saturated heterocycles. The van der Waals surface area contributed by atoms with E-state index in [0.29, 0.717) is 0 Å². The summed E-state index contributed by atoms with van der Waals surface area (Å²) in [4.78, 5) is 0. The third kappa shape index (κ3) is 1.27. The Balaban J connectivity index is 0.000000160. The van der Waals surface area contributed by atoms with Crippen molar-refractivity contribution in [3.63, 3.8) is 0 Å². The smallest absolute Gasteiger partial charge is 0.0533 e. The summed E-state index contributed by atoms with van der Waals surface area (Å²) in [6.07, 6.45) is 6.00. The summed E-state index contributed by atoms with van der Waals surface area (Å²) in [5.74, 6) is 0. The van der Waals surface area contributed by atoms with E-state index in [9.17, 15) is 0 Å². The topological polar surface area (TPSA) is 0 Å². The van der Waals surface area contributed by atoms with Gasteiger partial charge in [0.1, 0.15) is 0 Å². The summed E-state index contributed by atoms with van der Waals surface area (Å²) < 4.78 is 0. The van der Waals surface area contributed by atoms with Crippen LogP contribution in [0, 0.1) is 0 Å². The van der Waals surface area contributed by atoms with E-state index in [-0.39, 0.29) is 13.5 Å². The molecule has 0 aromatic carbocycles. The number of rotatable bonds is 0. The molecule has 0 N–H and O–H groups in total. The third-order valence-electron chi connectivity index (χ3n) is 1.000. The quantitative estimate of drug-likeness (QED) is 0.424. The Morgan fingerprint density at radius 1 is 0.600 bits per heavy atom. The minimum absolute atomic E-state index is 0. The van der Waals surface area contributed by atoms with E-state index in [1.165, 1.54) is 25.7 Å². The first kappa shape index (κ1) is 5.35. The van der Waals surface area contributed by atoms with Gasteiger partial charge in [0.25, 0.3) is 0 Å². The van der Waals surface area contributed by atoms with Gasteiger partial charge in [-0.15, -0.1) is 0 Å². The molecule has 0 amide bonds. The van der Waals surface area contributed by atoms with Crippen LogP contribution in [0.2, 0.25) is 0 Å². The van der Waals surface area contributed by atoms with Crippen LogP contribution in [-0.2, 0) is 0 Å². The second-order valence-electron chi connectivity index (χ2n) is 1.41. The Morgan fingerprint density at radius 2 is 0.800 bits per heavy atom. The van der Waals surface area contributed by atoms with Crippen LogP contribution >= 0.6 is 13.5 Å². The normalized spacial score (nSPS) is 19.2. The molecule has 0 heterocycles. The van der Waals surface area contributed by atoms with Crippen molar-refractivity contribution in [1.29, 1.82) is 0 Å². The van der Waals surface area contributed by atoms with Gasteiger partial charge in [-0.3, -0.25) is 0 Å². The van der Waals surface area contributed by atoms with Crippen molar-refractivity contribution in [3.8, 4) is 0 Å². The second kappa shape index (κ2) is 2.58. The van der Waals surface area contributed by atoms with Gasteiger partial charge in [0.15, 0.2) is 0 Å². The first-order chi connectivity index (χ1) is 2.00. The van der Waals surface area contributed by atoms with E-state index in [2.05, 4.69) is 0 Å². The monoisotopic (exact) mass is 90.1 g/mol. The zero-order valence-corrected chi connectivity index (χ0v) is 4.33. The maximum absolute atomic E-state index is 1.50. The zero-order chi connectivity index (χ0) is 2.83. The van der Waals surface area contributed by atoms with Crippen LogP contribution in [0.3, 0.4) is 0 Å². The summed E-state index contributed by atoms with van der Waals surface area (Å²) in [5, 5.41) is 0. The van der Waals surface area contributed by atoms with Gasteiger partial charge in [0.05, 0.1) is 0 Å². The highest BCUT2D eigenvalue weighted by Crippen LogP contribution is 2.15. The van der Waals surface area contributed by atoms with Gasteiger partial charge < -0.3 is 0 Å². The molecule has 1 heteroatoms. The standard InChI is InChI=1S/C4H8.H2S/c1-2-4-3-1;/h1-4H2;1H2. The molecule has 1 aliphatic carbocycles. The molecule has 0 bridgehead atoms. The summed E-state index contributed by atoms with van der Waals surface area (Å²) in [7, 11) is 0.